The highest BCUT2D eigenvalue weighted by Gasteiger charge is 2.37. The van der Waals surface area contributed by atoms with Gasteiger partial charge in [-0.1, -0.05) is 0 Å². The van der Waals surface area contributed by atoms with Crippen LogP contribution in [0.3, 0.4) is 0 Å². The second-order valence-electron chi connectivity index (χ2n) is 9.32. The molecule has 0 spiro atoms. The van der Waals surface area contributed by atoms with Crippen molar-refractivity contribution in [2.24, 2.45) is 0 Å². The lowest BCUT2D eigenvalue weighted by molar-refractivity contribution is 0.0918. The minimum absolute atomic E-state index is 0.0454. The molecule has 0 unspecified atom stereocenters. The predicted molar refractivity (Wildman–Crippen MR) is 128 cm³/mol. The molecule has 6 heterocycles. The molecule has 3 fully saturated rings. The number of aromatic nitrogens is 1. The van der Waals surface area contributed by atoms with Crippen LogP contribution in [0.1, 0.15) is 33.8 Å². The van der Waals surface area contributed by atoms with Crippen LogP contribution in [-0.2, 0) is 6.42 Å². The highest BCUT2D eigenvalue weighted by Crippen LogP contribution is 2.39. The number of nitrogen functional groups attached to an aromatic ring is 1. The highest BCUT2D eigenvalue weighted by molar-refractivity contribution is 7.21. The first-order valence-electron chi connectivity index (χ1n) is 11.5. The average molecular weight is 486 g/mol. The van der Waals surface area contributed by atoms with Crippen LogP contribution in [0.15, 0.2) is 18.2 Å². The number of amides is 1. The number of ether oxygens (including phenoxy) is 1. The molecule has 0 aliphatic carbocycles. The Kier molecular flexibility index (Phi) is 5.11. The number of piperazine rings is 1. The van der Waals surface area contributed by atoms with Crippen molar-refractivity contribution < 1.29 is 18.3 Å². The van der Waals surface area contributed by atoms with Crippen LogP contribution in [0.4, 0.5) is 20.2 Å². The molecule has 2 aromatic heterocycles. The monoisotopic (exact) mass is 485 g/mol. The number of aryl methyl sites for hydroxylation is 1. The lowest BCUT2D eigenvalue weighted by Crippen LogP contribution is -2.61. The summed E-state index contributed by atoms with van der Waals surface area (Å²) in [7, 11) is 0. The topological polar surface area (TPSA) is 92.5 Å². The predicted octanol–water partition coefficient (Wildman–Crippen LogP) is 3.14. The Morgan fingerprint density at radius 1 is 1.35 bits per heavy atom. The van der Waals surface area contributed by atoms with Crippen LogP contribution in [0.5, 0.6) is 5.75 Å². The largest absolute Gasteiger partial charge is 0.488 e. The van der Waals surface area contributed by atoms with E-state index in [1.54, 1.807) is 0 Å². The van der Waals surface area contributed by atoms with Crippen molar-refractivity contribution >= 4 is 38.8 Å². The smallest absolute Gasteiger partial charge is 0.263 e. The van der Waals surface area contributed by atoms with Crippen LogP contribution >= 0.6 is 11.3 Å². The van der Waals surface area contributed by atoms with E-state index in [4.69, 9.17) is 10.5 Å². The van der Waals surface area contributed by atoms with E-state index in [1.165, 1.54) is 17.4 Å². The molecule has 7 nitrogen and oxygen atoms in total. The second kappa shape index (κ2) is 8.06. The first kappa shape index (κ1) is 21.5. The Hall–Kier alpha value is -2.98. The van der Waals surface area contributed by atoms with Crippen molar-refractivity contribution in [3.63, 3.8) is 0 Å². The summed E-state index contributed by atoms with van der Waals surface area (Å²) in [6.07, 6.45) is 2.15. The zero-order valence-corrected chi connectivity index (χ0v) is 19.5. The van der Waals surface area contributed by atoms with Gasteiger partial charge in [0.05, 0.1) is 17.4 Å². The number of carbonyl (C=O) groups is 1. The van der Waals surface area contributed by atoms with E-state index in [-0.39, 0.29) is 42.0 Å². The Labute approximate surface area is 199 Å². The van der Waals surface area contributed by atoms with Crippen molar-refractivity contribution in [1.29, 1.82) is 0 Å². The lowest BCUT2D eigenvalue weighted by Gasteiger charge is -2.47. The molecule has 3 atom stereocenters. The molecule has 34 heavy (non-hydrogen) atoms. The molecule has 0 saturated carbocycles. The number of anilines is 2. The minimum atomic E-state index is -0.524. The molecule has 3 aromatic rings. The average Bonchev–Trinajstić information content (AvgIpc) is 3.17. The molecule has 3 saturated heterocycles. The first-order valence-corrected chi connectivity index (χ1v) is 12.3. The van der Waals surface area contributed by atoms with Gasteiger partial charge in [-0.3, -0.25) is 4.79 Å². The Morgan fingerprint density at radius 2 is 2.21 bits per heavy atom. The van der Waals surface area contributed by atoms with Crippen LogP contribution in [-0.4, -0.2) is 48.7 Å². The Bertz CT molecular complexity index is 1300. The van der Waals surface area contributed by atoms with Gasteiger partial charge >= 0.3 is 0 Å². The molecule has 7 rings (SSSR count). The number of nitrogens with zero attached hydrogens (tertiary/aromatic N) is 2. The molecule has 1 amide bonds. The maximum absolute atomic E-state index is 15.4. The Morgan fingerprint density at radius 3 is 2.94 bits per heavy atom. The van der Waals surface area contributed by atoms with Gasteiger partial charge in [0.1, 0.15) is 22.1 Å². The van der Waals surface area contributed by atoms with Gasteiger partial charge in [0.25, 0.3) is 5.91 Å². The molecule has 2 bridgehead atoms. The van der Waals surface area contributed by atoms with E-state index in [1.807, 2.05) is 24.0 Å². The number of piperidine rings is 2. The van der Waals surface area contributed by atoms with E-state index in [0.717, 1.165) is 30.5 Å². The van der Waals surface area contributed by atoms with Gasteiger partial charge in [0.15, 0.2) is 11.6 Å². The molecule has 4 aliphatic rings. The maximum atomic E-state index is 15.4. The molecular weight excluding hydrogens is 460 g/mol. The van der Waals surface area contributed by atoms with E-state index in [9.17, 15) is 4.79 Å². The highest BCUT2D eigenvalue weighted by atomic mass is 32.1. The summed E-state index contributed by atoms with van der Waals surface area (Å²) in [6, 6.07) is 4.91. The number of fused-ring (bicyclic) bond motifs is 5. The third-order valence-corrected chi connectivity index (χ3v) is 8.18. The molecule has 10 heteroatoms. The van der Waals surface area contributed by atoms with Gasteiger partial charge in [0, 0.05) is 54.3 Å². The fourth-order valence-electron chi connectivity index (χ4n) is 5.27. The number of hydrogen-bond acceptors (Lipinski definition) is 7. The van der Waals surface area contributed by atoms with Gasteiger partial charge in [-0.25, -0.2) is 13.8 Å². The van der Waals surface area contributed by atoms with E-state index in [0.29, 0.717) is 28.0 Å². The molecule has 4 aliphatic heterocycles. The number of benzene rings is 1. The summed E-state index contributed by atoms with van der Waals surface area (Å²) in [4.78, 5) is 20.4. The van der Waals surface area contributed by atoms with Crippen molar-refractivity contribution in [2.45, 2.75) is 44.3 Å². The maximum Gasteiger partial charge on any atom is 0.263 e. The first-order chi connectivity index (χ1) is 16.4. The van der Waals surface area contributed by atoms with E-state index in [2.05, 4.69) is 15.6 Å². The zero-order chi connectivity index (χ0) is 23.6. The summed E-state index contributed by atoms with van der Waals surface area (Å²) < 4.78 is 36.3. The van der Waals surface area contributed by atoms with Crippen LogP contribution in [0, 0.1) is 18.6 Å². The van der Waals surface area contributed by atoms with Gasteiger partial charge in [-0.15, -0.1) is 11.3 Å². The van der Waals surface area contributed by atoms with Crippen LogP contribution in [0.2, 0.25) is 0 Å². The quantitative estimate of drug-likeness (QED) is 0.528. The molecule has 4 N–H and O–H groups in total. The van der Waals surface area contributed by atoms with Gasteiger partial charge in [-0.2, -0.15) is 0 Å². The van der Waals surface area contributed by atoms with Crippen LogP contribution < -0.4 is 26.0 Å². The minimum Gasteiger partial charge on any atom is -0.488 e. The number of nitrogens with two attached hydrogens (primary N) is 1. The number of thiophene rings is 1. The third kappa shape index (κ3) is 3.47. The number of pyridine rings is 1. The number of carbonyl (C=O) groups excluding carboxylic acids is 1. The number of hydrogen-bond donors (Lipinski definition) is 3. The van der Waals surface area contributed by atoms with Gasteiger partial charge in [0.2, 0.25) is 0 Å². The molecule has 1 aromatic carbocycles. The lowest BCUT2D eigenvalue weighted by atomic mass is 9.91. The van der Waals surface area contributed by atoms with E-state index >= 15 is 8.78 Å². The molecule has 178 valence electrons. The standard InChI is InChI=1S/C24H25F2N5O2S/c1-11-2-5-15-20(27)22(34-24(15)29-11)23(32)30-13-6-16-17(25)7-18(19(26)21(16)33-10-13)31-9-12-3-4-14(31)8-28-12/h2,5,7,12-14,28H,3-4,6,8-10,27H2,1H3,(H,30,32)/t12-,13-,14-/m1/s1. The Balaban J connectivity index is 1.23. The second-order valence-corrected chi connectivity index (χ2v) is 10.3. The van der Waals surface area contributed by atoms with E-state index < -0.39 is 17.7 Å². The molecular formula is C24H25F2N5O2S. The SMILES string of the molecule is Cc1ccc2c(N)c(C(=O)N[C@H]3COc4c(F)c(N5C[C@H]6CC[C@@H]5CN6)cc(F)c4C3)sc2n1. The van der Waals surface area contributed by atoms with Crippen molar-refractivity contribution in [3.8, 4) is 5.75 Å². The third-order valence-electron chi connectivity index (χ3n) is 7.06. The summed E-state index contributed by atoms with van der Waals surface area (Å²) in [5.41, 5.74) is 7.81. The molecule has 0 radical (unpaired) electrons. The summed E-state index contributed by atoms with van der Waals surface area (Å²) >= 11 is 1.22. The number of halogens is 2. The summed E-state index contributed by atoms with van der Waals surface area (Å²) in [5, 5.41) is 7.03. The normalized spacial score (nSPS) is 23.6. The van der Waals surface area contributed by atoms with Crippen LogP contribution in [0.25, 0.3) is 10.2 Å². The summed E-state index contributed by atoms with van der Waals surface area (Å²) in [6.45, 7) is 3.35. The zero-order valence-electron chi connectivity index (χ0n) is 18.7. The van der Waals surface area contributed by atoms with Crippen molar-refractivity contribution in [1.82, 2.24) is 15.6 Å². The van der Waals surface area contributed by atoms with Gasteiger partial charge < -0.3 is 26.0 Å². The fraction of sp³-hybridized carbons (Fsp3) is 0.417. The fourth-order valence-corrected chi connectivity index (χ4v) is 6.31. The van der Waals surface area contributed by atoms with Gasteiger partial charge in [-0.05, 0) is 31.9 Å². The number of nitrogens with one attached hydrogen (secondary N) is 2. The van der Waals surface area contributed by atoms with Crippen molar-refractivity contribution in [3.05, 3.63) is 46.0 Å². The number of rotatable bonds is 3. The summed E-state index contributed by atoms with van der Waals surface area (Å²) in [5.74, 6) is -1.45. The van der Waals surface area contributed by atoms with Crippen molar-refractivity contribution in [2.75, 3.05) is 30.3 Å².